The Hall–Kier alpha value is -1.56. The highest BCUT2D eigenvalue weighted by Crippen LogP contribution is 2.27. The van der Waals surface area contributed by atoms with Crippen molar-refractivity contribution in [2.45, 2.75) is 32.5 Å². The van der Waals surface area contributed by atoms with Crippen LogP contribution in [0, 0.1) is 6.92 Å². The molecule has 0 aromatic carbocycles. The number of carbonyl (C=O) groups excluding carboxylic acids is 1. The van der Waals surface area contributed by atoms with Crippen molar-refractivity contribution < 1.29 is 19.0 Å². The molecule has 5 nitrogen and oxygen atoms in total. The van der Waals surface area contributed by atoms with E-state index in [1.54, 1.807) is 13.8 Å². The third-order valence-corrected chi connectivity index (χ3v) is 2.35. The summed E-state index contributed by atoms with van der Waals surface area (Å²) >= 11 is 0. The molecule has 0 bridgehead atoms. The first-order valence-corrected chi connectivity index (χ1v) is 5.22. The number of rotatable bonds is 4. The standard InChI is InChI=1S/C11H15FN2O3/c1-4-17-10(15)8(12)11(3,16)9-7(2)13-5-6-14-9/h5-6,8,16H,4H2,1-3H3. The van der Waals surface area contributed by atoms with Crippen LogP contribution in [-0.2, 0) is 15.1 Å². The highest BCUT2D eigenvalue weighted by Gasteiger charge is 2.42. The number of ether oxygens (including phenoxy) is 1. The summed E-state index contributed by atoms with van der Waals surface area (Å²) < 4.78 is 18.4. The second-order valence-corrected chi connectivity index (χ2v) is 3.75. The van der Waals surface area contributed by atoms with Gasteiger partial charge in [-0.3, -0.25) is 9.97 Å². The van der Waals surface area contributed by atoms with Crippen molar-refractivity contribution in [2.24, 2.45) is 0 Å². The van der Waals surface area contributed by atoms with Gasteiger partial charge < -0.3 is 9.84 Å². The molecule has 1 aromatic rings. The van der Waals surface area contributed by atoms with Gasteiger partial charge in [-0.05, 0) is 20.8 Å². The van der Waals surface area contributed by atoms with Crippen LogP contribution >= 0.6 is 0 Å². The Balaban J connectivity index is 3.02. The second kappa shape index (κ2) is 5.18. The van der Waals surface area contributed by atoms with E-state index in [-0.39, 0.29) is 12.3 Å². The topological polar surface area (TPSA) is 72.3 Å². The lowest BCUT2D eigenvalue weighted by atomic mass is 9.94. The van der Waals surface area contributed by atoms with Crippen molar-refractivity contribution in [3.63, 3.8) is 0 Å². The molecule has 1 heterocycles. The van der Waals surface area contributed by atoms with Crippen molar-refractivity contribution in [2.75, 3.05) is 6.61 Å². The molecule has 0 aliphatic rings. The Morgan fingerprint density at radius 3 is 2.71 bits per heavy atom. The molecule has 1 N–H and O–H groups in total. The average molecular weight is 242 g/mol. The Labute approximate surface area is 98.7 Å². The molecule has 0 aliphatic heterocycles. The van der Waals surface area contributed by atoms with E-state index in [1.165, 1.54) is 19.3 Å². The van der Waals surface area contributed by atoms with Gasteiger partial charge in [-0.25, -0.2) is 9.18 Å². The highest BCUT2D eigenvalue weighted by atomic mass is 19.1. The number of nitrogens with zero attached hydrogens (tertiary/aromatic N) is 2. The molecule has 1 rings (SSSR count). The van der Waals surface area contributed by atoms with E-state index in [4.69, 9.17) is 0 Å². The molecule has 0 amide bonds. The lowest BCUT2D eigenvalue weighted by molar-refractivity contribution is -0.160. The van der Waals surface area contributed by atoms with Crippen LogP contribution in [0.15, 0.2) is 12.4 Å². The van der Waals surface area contributed by atoms with Gasteiger partial charge in [0.1, 0.15) is 5.60 Å². The summed E-state index contributed by atoms with van der Waals surface area (Å²) in [4.78, 5) is 19.0. The number of hydrogen-bond acceptors (Lipinski definition) is 5. The van der Waals surface area contributed by atoms with Crippen LogP contribution in [-0.4, -0.2) is 33.8 Å². The molecular weight excluding hydrogens is 227 g/mol. The van der Waals surface area contributed by atoms with E-state index >= 15 is 0 Å². The molecule has 6 heteroatoms. The van der Waals surface area contributed by atoms with Gasteiger partial charge in [0.05, 0.1) is 18.0 Å². The first kappa shape index (κ1) is 13.5. The number of carbonyl (C=O) groups is 1. The van der Waals surface area contributed by atoms with Gasteiger partial charge in [0, 0.05) is 12.4 Å². The summed E-state index contributed by atoms with van der Waals surface area (Å²) in [6, 6.07) is 0. The van der Waals surface area contributed by atoms with Gasteiger partial charge >= 0.3 is 5.97 Å². The largest absolute Gasteiger partial charge is 0.464 e. The summed E-state index contributed by atoms with van der Waals surface area (Å²) in [6.07, 6.45) is 0.555. The highest BCUT2D eigenvalue weighted by molar-refractivity contribution is 5.76. The molecule has 2 unspecified atom stereocenters. The average Bonchev–Trinajstić information content (AvgIpc) is 2.28. The monoisotopic (exact) mass is 242 g/mol. The first-order chi connectivity index (χ1) is 7.91. The molecule has 94 valence electrons. The van der Waals surface area contributed by atoms with Gasteiger partial charge in [0.2, 0.25) is 6.17 Å². The molecule has 0 radical (unpaired) electrons. The summed E-state index contributed by atoms with van der Waals surface area (Å²) in [5.74, 6) is -1.11. The number of halogens is 1. The van der Waals surface area contributed by atoms with E-state index in [1.807, 2.05) is 0 Å². The maximum absolute atomic E-state index is 13.8. The minimum absolute atomic E-state index is 0.0283. The maximum atomic E-state index is 13.8. The van der Waals surface area contributed by atoms with Gasteiger partial charge in [-0.2, -0.15) is 0 Å². The smallest absolute Gasteiger partial charge is 0.344 e. The van der Waals surface area contributed by atoms with Gasteiger partial charge in [0.25, 0.3) is 0 Å². The molecule has 0 saturated carbocycles. The normalized spacial score (nSPS) is 16.1. The lowest BCUT2D eigenvalue weighted by Gasteiger charge is -2.25. The number of esters is 1. The van der Waals surface area contributed by atoms with Crippen LogP contribution in [0.4, 0.5) is 4.39 Å². The minimum atomic E-state index is -2.20. The van der Waals surface area contributed by atoms with E-state index < -0.39 is 17.7 Å². The Bertz CT molecular complexity index is 409. The van der Waals surface area contributed by atoms with Crippen molar-refractivity contribution in [1.29, 1.82) is 0 Å². The fourth-order valence-corrected chi connectivity index (χ4v) is 1.47. The summed E-state index contributed by atoms with van der Waals surface area (Å²) in [5.41, 5.74) is -1.66. The molecule has 2 atom stereocenters. The number of hydrogen-bond donors (Lipinski definition) is 1. The Morgan fingerprint density at radius 2 is 2.18 bits per heavy atom. The Kier molecular flexibility index (Phi) is 4.11. The zero-order valence-electron chi connectivity index (χ0n) is 9.98. The summed E-state index contributed by atoms with van der Waals surface area (Å²) in [5, 5.41) is 10.1. The third-order valence-electron chi connectivity index (χ3n) is 2.35. The minimum Gasteiger partial charge on any atom is -0.464 e. The number of aliphatic hydroxyl groups is 1. The fourth-order valence-electron chi connectivity index (χ4n) is 1.47. The summed E-state index contributed by atoms with van der Waals surface area (Å²) in [7, 11) is 0. The molecule has 17 heavy (non-hydrogen) atoms. The van der Waals surface area contributed by atoms with Crippen LogP contribution in [0.3, 0.4) is 0 Å². The van der Waals surface area contributed by atoms with E-state index in [9.17, 15) is 14.3 Å². The zero-order chi connectivity index (χ0) is 13.1. The van der Waals surface area contributed by atoms with Crippen LogP contribution in [0.1, 0.15) is 25.2 Å². The SMILES string of the molecule is CCOC(=O)C(F)C(C)(O)c1nccnc1C. The summed E-state index contributed by atoms with van der Waals surface area (Å²) in [6.45, 7) is 4.36. The van der Waals surface area contributed by atoms with Crippen LogP contribution < -0.4 is 0 Å². The van der Waals surface area contributed by atoms with Gasteiger partial charge in [0.15, 0.2) is 0 Å². The van der Waals surface area contributed by atoms with E-state index in [0.29, 0.717) is 5.69 Å². The first-order valence-electron chi connectivity index (χ1n) is 5.22. The molecule has 0 fully saturated rings. The van der Waals surface area contributed by atoms with Gasteiger partial charge in [-0.15, -0.1) is 0 Å². The molecule has 0 aliphatic carbocycles. The molecular formula is C11H15FN2O3. The predicted molar refractivity (Wildman–Crippen MR) is 57.9 cm³/mol. The molecule has 1 aromatic heterocycles. The van der Waals surface area contributed by atoms with Crippen LogP contribution in [0.5, 0.6) is 0 Å². The number of aromatic nitrogens is 2. The van der Waals surface area contributed by atoms with E-state index in [2.05, 4.69) is 14.7 Å². The fraction of sp³-hybridized carbons (Fsp3) is 0.545. The van der Waals surface area contributed by atoms with E-state index in [0.717, 1.165) is 0 Å². The third kappa shape index (κ3) is 2.76. The second-order valence-electron chi connectivity index (χ2n) is 3.75. The Morgan fingerprint density at radius 1 is 1.59 bits per heavy atom. The van der Waals surface area contributed by atoms with Crippen molar-refractivity contribution in [3.05, 3.63) is 23.8 Å². The number of aryl methyl sites for hydroxylation is 1. The van der Waals surface area contributed by atoms with Crippen molar-refractivity contribution >= 4 is 5.97 Å². The number of alkyl halides is 1. The maximum Gasteiger partial charge on any atom is 0.344 e. The quantitative estimate of drug-likeness (QED) is 0.794. The van der Waals surface area contributed by atoms with Gasteiger partial charge in [-0.1, -0.05) is 0 Å². The van der Waals surface area contributed by atoms with Crippen LogP contribution in [0.2, 0.25) is 0 Å². The van der Waals surface area contributed by atoms with Crippen molar-refractivity contribution in [3.8, 4) is 0 Å². The predicted octanol–water partition coefficient (Wildman–Crippen LogP) is 0.894. The van der Waals surface area contributed by atoms with Crippen molar-refractivity contribution in [1.82, 2.24) is 9.97 Å². The zero-order valence-corrected chi connectivity index (χ0v) is 9.98. The lowest BCUT2D eigenvalue weighted by Crippen LogP contribution is -2.41. The molecule has 0 spiro atoms. The molecule has 0 saturated heterocycles. The van der Waals surface area contributed by atoms with Crippen LogP contribution in [0.25, 0.3) is 0 Å².